The highest BCUT2D eigenvalue weighted by atomic mass is 31.2. The maximum absolute atomic E-state index is 12.2. The van der Waals surface area contributed by atoms with Gasteiger partial charge < -0.3 is 9.42 Å². The number of nitrogens with zero attached hydrogens (tertiary/aromatic N) is 1. The smallest absolute Gasteiger partial charge is 0.324 e. The van der Waals surface area contributed by atoms with Crippen LogP contribution in [0.2, 0.25) is 0 Å². The van der Waals surface area contributed by atoms with Gasteiger partial charge in [-0.1, -0.05) is 30.3 Å². The van der Waals surface area contributed by atoms with Crippen molar-refractivity contribution in [3.8, 4) is 11.1 Å². The number of hydrogen-bond donors (Lipinski definition) is 2. The van der Waals surface area contributed by atoms with Crippen LogP contribution in [0.15, 0.2) is 42.5 Å². The summed E-state index contributed by atoms with van der Waals surface area (Å²) in [5.74, 6) is -1.64. The fraction of sp³-hybridized carbons (Fsp3) is 0.263. The third-order valence-electron chi connectivity index (χ3n) is 4.31. The monoisotopic (exact) mass is 389 g/mol. The van der Waals surface area contributed by atoms with Crippen LogP contribution >= 0.6 is 7.60 Å². The van der Waals surface area contributed by atoms with E-state index in [1.807, 2.05) is 30.3 Å². The largest absolute Gasteiger partial charge is 0.335 e. The number of rotatable bonds is 7. The van der Waals surface area contributed by atoms with Crippen LogP contribution < -0.4 is 5.06 Å². The molecule has 1 amide bonds. The van der Waals surface area contributed by atoms with Crippen LogP contribution in [-0.2, 0) is 25.1 Å². The number of fused-ring (bicyclic) bond motifs is 3. The molecule has 0 radical (unpaired) electrons. The van der Waals surface area contributed by atoms with Gasteiger partial charge in [-0.3, -0.25) is 19.4 Å². The van der Waals surface area contributed by atoms with Gasteiger partial charge in [-0.15, -0.1) is 0 Å². The molecule has 2 aromatic carbocycles. The summed E-state index contributed by atoms with van der Waals surface area (Å²) in [6.45, 7) is 1.51. The molecule has 0 heterocycles. The van der Waals surface area contributed by atoms with Crippen molar-refractivity contribution in [2.75, 3.05) is 17.8 Å². The van der Waals surface area contributed by atoms with Gasteiger partial charge in [-0.25, -0.2) is 0 Å². The van der Waals surface area contributed by atoms with Crippen molar-refractivity contribution in [1.82, 2.24) is 0 Å². The lowest BCUT2D eigenvalue weighted by Gasteiger charge is -2.16. The highest BCUT2D eigenvalue weighted by Crippen LogP contribution is 2.41. The molecular formula is C19H20NO6P. The van der Waals surface area contributed by atoms with Crippen LogP contribution in [0.4, 0.5) is 5.69 Å². The first-order chi connectivity index (χ1) is 12.8. The maximum atomic E-state index is 12.2. The van der Waals surface area contributed by atoms with Gasteiger partial charge in [0.1, 0.15) is 6.16 Å². The Morgan fingerprint density at radius 1 is 1.15 bits per heavy atom. The Balaban J connectivity index is 1.69. The third-order valence-corrected chi connectivity index (χ3v) is 5.73. The molecule has 3 rings (SSSR count). The summed E-state index contributed by atoms with van der Waals surface area (Å²) in [7, 11) is -4.05. The Morgan fingerprint density at radius 2 is 1.85 bits per heavy atom. The second kappa shape index (κ2) is 7.74. The van der Waals surface area contributed by atoms with Crippen LogP contribution in [0.25, 0.3) is 11.1 Å². The molecular weight excluding hydrogens is 369 g/mol. The number of hydroxylamine groups is 1. The number of benzene rings is 2. The summed E-state index contributed by atoms with van der Waals surface area (Å²) in [4.78, 5) is 33.5. The van der Waals surface area contributed by atoms with E-state index in [0.717, 1.165) is 16.7 Å². The van der Waals surface area contributed by atoms with E-state index in [4.69, 9.17) is 0 Å². The van der Waals surface area contributed by atoms with Crippen molar-refractivity contribution in [2.45, 2.75) is 19.8 Å². The molecule has 0 spiro atoms. The molecule has 0 saturated carbocycles. The number of carbonyl (C=O) groups excluding carboxylic acids is 2. The third kappa shape index (κ3) is 4.34. The molecule has 0 aromatic heterocycles. The minimum Gasteiger partial charge on any atom is -0.324 e. The van der Waals surface area contributed by atoms with E-state index in [1.165, 1.54) is 12.5 Å². The number of Topliss-reactive ketones (excluding diaryl/α,β-unsaturated/α-hetero) is 1. The Labute approximate surface area is 156 Å². The van der Waals surface area contributed by atoms with E-state index in [1.54, 1.807) is 12.1 Å². The highest BCUT2D eigenvalue weighted by molar-refractivity contribution is 7.53. The molecule has 1 atom stereocenters. The molecule has 0 fully saturated rings. The zero-order valence-electron chi connectivity index (χ0n) is 14.8. The predicted molar refractivity (Wildman–Crippen MR) is 99.9 cm³/mol. The van der Waals surface area contributed by atoms with Crippen molar-refractivity contribution in [3.05, 3.63) is 53.6 Å². The van der Waals surface area contributed by atoms with Crippen LogP contribution in [0.5, 0.6) is 0 Å². The van der Waals surface area contributed by atoms with Crippen LogP contribution in [0, 0.1) is 0 Å². The molecule has 2 N–H and O–H groups in total. The fourth-order valence-corrected chi connectivity index (χ4v) is 4.23. The summed E-state index contributed by atoms with van der Waals surface area (Å²) in [6.07, 6.45) is -0.756. The summed E-state index contributed by atoms with van der Waals surface area (Å²) < 4.78 is 16.2. The van der Waals surface area contributed by atoms with Crippen LogP contribution in [0.1, 0.15) is 24.5 Å². The Bertz CT molecular complexity index is 942. The van der Waals surface area contributed by atoms with Gasteiger partial charge in [0.15, 0.2) is 5.78 Å². The number of amides is 1. The van der Waals surface area contributed by atoms with E-state index in [0.29, 0.717) is 11.5 Å². The van der Waals surface area contributed by atoms with Crippen LogP contribution in [0.3, 0.4) is 0 Å². The van der Waals surface area contributed by atoms with E-state index in [9.17, 15) is 24.3 Å². The molecule has 2 aromatic rings. The van der Waals surface area contributed by atoms with Gasteiger partial charge >= 0.3 is 7.60 Å². The second-order valence-electron chi connectivity index (χ2n) is 6.31. The molecule has 27 heavy (non-hydrogen) atoms. The molecule has 0 saturated heterocycles. The van der Waals surface area contributed by atoms with Crippen molar-refractivity contribution in [3.63, 3.8) is 0 Å². The van der Waals surface area contributed by atoms with Gasteiger partial charge in [-0.05, 0) is 47.7 Å². The first-order valence-electron chi connectivity index (χ1n) is 8.52. The van der Waals surface area contributed by atoms with Crippen molar-refractivity contribution >= 4 is 25.0 Å². The molecule has 8 heteroatoms. The van der Waals surface area contributed by atoms with Crippen molar-refractivity contribution in [2.24, 2.45) is 0 Å². The minimum atomic E-state index is -4.05. The minimum absolute atomic E-state index is 0.0152. The number of anilines is 1. The van der Waals surface area contributed by atoms with Gasteiger partial charge in [0.2, 0.25) is 0 Å². The van der Waals surface area contributed by atoms with E-state index in [2.05, 4.69) is 4.52 Å². The lowest BCUT2D eigenvalue weighted by molar-refractivity contribution is -0.128. The van der Waals surface area contributed by atoms with E-state index < -0.39 is 31.9 Å². The number of carbonyl (C=O) groups is 2. The molecule has 0 aliphatic heterocycles. The predicted octanol–water partition coefficient (Wildman–Crippen LogP) is 3.16. The zero-order valence-corrected chi connectivity index (χ0v) is 15.7. The topological polar surface area (TPSA) is 104 Å². The lowest BCUT2D eigenvalue weighted by atomic mass is 10.1. The Hall–Kier alpha value is -2.31. The summed E-state index contributed by atoms with van der Waals surface area (Å²) in [6, 6.07) is 13.1. The maximum Gasteiger partial charge on any atom is 0.335 e. The van der Waals surface area contributed by atoms with E-state index >= 15 is 0 Å². The first kappa shape index (κ1) is 19.5. The molecule has 0 bridgehead atoms. The van der Waals surface area contributed by atoms with Crippen molar-refractivity contribution in [1.29, 1.82) is 0 Å². The molecule has 1 aliphatic carbocycles. The lowest BCUT2D eigenvalue weighted by Crippen LogP contribution is -2.29. The second-order valence-corrected chi connectivity index (χ2v) is 8.16. The number of ketones is 1. The SMILES string of the molecule is CCOP(=O)(O)CC(=O)CC(=O)N(O)c1ccc2c(c1)Cc1ccccc1-2. The Kier molecular flexibility index (Phi) is 5.58. The first-order valence-corrected chi connectivity index (χ1v) is 10.3. The van der Waals surface area contributed by atoms with Gasteiger partial charge in [0.05, 0.1) is 18.7 Å². The van der Waals surface area contributed by atoms with Gasteiger partial charge in [0.25, 0.3) is 5.91 Å². The molecule has 1 unspecified atom stereocenters. The number of hydrogen-bond acceptors (Lipinski definition) is 5. The van der Waals surface area contributed by atoms with Crippen LogP contribution in [-0.4, -0.2) is 34.6 Å². The van der Waals surface area contributed by atoms with Crippen molar-refractivity contribution < 1.29 is 28.8 Å². The van der Waals surface area contributed by atoms with E-state index in [-0.39, 0.29) is 12.3 Å². The van der Waals surface area contributed by atoms with Gasteiger partial charge in [-0.2, -0.15) is 5.06 Å². The molecule has 142 valence electrons. The standard InChI is InChI=1S/C19H20NO6P/c1-2-26-27(24,25)12-16(21)11-19(22)20(23)15-7-8-18-14(10-15)9-13-5-3-4-6-17(13)18/h3-8,10,23H,2,9,11-12H2,1H3,(H,24,25). The molecule has 7 nitrogen and oxygen atoms in total. The summed E-state index contributed by atoms with van der Waals surface area (Å²) in [5.41, 5.74) is 4.56. The summed E-state index contributed by atoms with van der Waals surface area (Å²) in [5, 5.41) is 10.6. The van der Waals surface area contributed by atoms with Gasteiger partial charge in [0, 0.05) is 0 Å². The average Bonchev–Trinajstić information content (AvgIpc) is 2.97. The highest BCUT2D eigenvalue weighted by Gasteiger charge is 2.27. The molecule has 1 aliphatic rings. The summed E-state index contributed by atoms with van der Waals surface area (Å²) >= 11 is 0. The fourth-order valence-electron chi connectivity index (χ4n) is 3.18. The quantitative estimate of drug-likeness (QED) is 0.278. The normalized spacial score (nSPS) is 14.2. The Morgan fingerprint density at radius 3 is 2.59 bits per heavy atom. The zero-order chi connectivity index (χ0) is 19.6. The average molecular weight is 389 g/mol.